The minimum absolute atomic E-state index is 0.646. The summed E-state index contributed by atoms with van der Waals surface area (Å²) in [7, 11) is 5.73. The summed E-state index contributed by atoms with van der Waals surface area (Å²) < 4.78 is 5.26. The second kappa shape index (κ2) is 4.86. The van der Waals surface area contributed by atoms with E-state index in [-0.39, 0.29) is 0 Å². The Morgan fingerprint density at radius 3 is 2.57 bits per heavy atom. The third-order valence-corrected chi connectivity index (χ3v) is 2.19. The van der Waals surface area contributed by atoms with E-state index in [9.17, 15) is 0 Å². The average molecular weight is 194 g/mol. The number of nitrogens with zero attached hydrogens (tertiary/aromatic N) is 1. The second-order valence-electron chi connectivity index (χ2n) is 3.43. The fraction of sp³-hybridized carbons (Fsp3) is 0.455. The molecule has 0 radical (unpaired) electrons. The normalized spacial score (nSPS) is 10.0. The lowest BCUT2D eigenvalue weighted by Gasteiger charge is -2.15. The van der Waals surface area contributed by atoms with Crippen LogP contribution in [0.3, 0.4) is 0 Å². The van der Waals surface area contributed by atoms with Gasteiger partial charge in [-0.25, -0.2) is 0 Å². The Bertz CT molecular complexity index is 297. The van der Waals surface area contributed by atoms with Gasteiger partial charge >= 0.3 is 0 Å². The van der Waals surface area contributed by atoms with E-state index in [4.69, 9.17) is 10.5 Å². The van der Waals surface area contributed by atoms with Crippen LogP contribution in [0.25, 0.3) is 0 Å². The third-order valence-electron chi connectivity index (χ3n) is 2.19. The van der Waals surface area contributed by atoms with Gasteiger partial charge < -0.3 is 15.4 Å². The lowest BCUT2D eigenvalue weighted by Crippen LogP contribution is -2.10. The summed E-state index contributed by atoms with van der Waals surface area (Å²) >= 11 is 0. The van der Waals surface area contributed by atoms with Crippen LogP contribution in [0.1, 0.15) is 5.56 Å². The van der Waals surface area contributed by atoms with Crippen LogP contribution in [-0.4, -0.2) is 27.7 Å². The summed E-state index contributed by atoms with van der Waals surface area (Å²) in [6.45, 7) is 0.646. The van der Waals surface area contributed by atoms with Crippen LogP contribution < -0.4 is 15.4 Å². The van der Waals surface area contributed by atoms with Gasteiger partial charge in [-0.15, -0.1) is 0 Å². The molecule has 78 valence electrons. The molecule has 1 aromatic rings. The zero-order valence-electron chi connectivity index (χ0n) is 9.08. The van der Waals surface area contributed by atoms with Crippen molar-refractivity contribution < 1.29 is 4.74 Å². The molecule has 14 heavy (non-hydrogen) atoms. The fourth-order valence-corrected chi connectivity index (χ4v) is 1.39. The maximum absolute atomic E-state index is 5.54. The Labute approximate surface area is 85.5 Å². The average Bonchev–Trinajstić information content (AvgIpc) is 2.18. The molecule has 3 heteroatoms. The highest BCUT2D eigenvalue weighted by molar-refractivity contribution is 5.52. The van der Waals surface area contributed by atoms with Crippen molar-refractivity contribution in [3.8, 4) is 5.75 Å². The lowest BCUT2D eigenvalue weighted by atomic mass is 10.1. The maximum Gasteiger partial charge on any atom is 0.122 e. The van der Waals surface area contributed by atoms with Crippen LogP contribution >= 0.6 is 0 Å². The number of hydrogen-bond donors (Lipinski definition) is 1. The van der Waals surface area contributed by atoms with Crippen LogP contribution in [0.5, 0.6) is 5.75 Å². The molecule has 1 rings (SSSR count). The van der Waals surface area contributed by atoms with Crippen LogP contribution in [0.4, 0.5) is 5.69 Å². The second-order valence-corrected chi connectivity index (χ2v) is 3.43. The Kier molecular flexibility index (Phi) is 3.77. The standard InChI is InChI=1S/C11H18N2O/c1-13(2)10-4-5-11(14-3)9(8-10)6-7-12/h4-5,8H,6-7,12H2,1-3H3. The summed E-state index contributed by atoms with van der Waals surface area (Å²) in [4.78, 5) is 2.07. The number of anilines is 1. The highest BCUT2D eigenvalue weighted by Crippen LogP contribution is 2.24. The zero-order chi connectivity index (χ0) is 10.6. The zero-order valence-corrected chi connectivity index (χ0v) is 9.08. The molecule has 0 heterocycles. The smallest absolute Gasteiger partial charge is 0.122 e. The highest BCUT2D eigenvalue weighted by Gasteiger charge is 2.04. The minimum Gasteiger partial charge on any atom is -0.496 e. The van der Waals surface area contributed by atoms with E-state index in [1.807, 2.05) is 26.2 Å². The van der Waals surface area contributed by atoms with Gasteiger partial charge in [0, 0.05) is 19.8 Å². The first-order chi connectivity index (χ1) is 6.69. The van der Waals surface area contributed by atoms with E-state index in [0.717, 1.165) is 12.2 Å². The summed E-state index contributed by atoms with van der Waals surface area (Å²) in [6, 6.07) is 6.14. The number of benzene rings is 1. The molecular weight excluding hydrogens is 176 g/mol. The molecule has 0 aliphatic carbocycles. The molecule has 0 atom stereocenters. The van der Waals surface area contributed by atoms with Crippen molar-refractivity contribution in [2.75, 3.05) is 32.6 Å². The van der Waals surface area contributed by atoms with Gasteiger partial charge in [0.05, 0.1) is 7.11 Å². The fourth-order valence-electron chi connectivity index (χ4n) is 1.39. The highest BCUT2D eigenvalue weighted by atomic mass is 16.5. The van der Waals surface area contributed by atoms with E-state index in [0.29, 0.717) is 6.54 Å². The summed E-state index contributed by atoms with van der Waals surface area (Å²) in [5.41, 5.74) is 7.88. The van der Waals surface area contributed by atoms with Gasteiger partial charge in [0.1, 0.15) is 5.75 Å². The number of nitrogens with two attached hydrogens (primary N) is 1. The number of rotatable bonds is 4. The van der Waals surface area contributed by atoms with Crippen LogP contribution in [0, 0.1) is 0 Å². The van der Waals surface area contributed by atoms with Crippen molar-refractivity contribution in [3.05, 3.63) is 23.8 Å². The lowest BCUT2D eigenvalue weighted by molar-refractivity contribution is 0.410. The first-order valence-electron chi connectivity index (χ1n) is 4.73. The van der Waals surface area contributed by atoms with Crippen LogP contribution in [0.15, 0.2) is 18.2 Å². The van der Waals surface area contributed by atoms with Crippen LogP contribution in [0.2, 0.25) is 0 Å². The van der Waals surface area contributed by atoms with Gasteiger partial charge in [-0.1, -0.05) is 0 Å². The summed E-state index contributed by atoms with van der Waals surface area (Å²) in [5.74, 6) is 0.918. The number of hydrogen-bond acceptors (Lipinski definition) is 3. The van der Waals surface area contributed by atoms with E-state index in [2.05, 4.69) is 11.0 Å². The molecule has 0 spiro atoms. The van der Waals surface area contributed by atoms with Crippen LogP contribution in [-0.2, 0) is 6.42 Å². The summed E-state index contributed by atoms with van der Waals surface area (Å²) in [5, 5.41) is 0. The first-order valence-corrected chi connectivity index (χ1v) is 4.73. The molecule has 0 unspecified atom stereocenters. The van der Waals surface area contributed by atoms with Crippen molar-refractivity contribution in [1.82, 2.24) is 0 Å². The van der Waals surface area contributed by atoms with E-state index in [1.54, 1.807) is 7.11 Å². The van der Waals surface area contributed by atoms with Crippen molar-refractivity contribution >= 4 is 5.69 Å². The molecule has 0 amide bonds. The van der Waals surface area contributed by atoms with Crippen molar-refractivity contribution in [3.63, 3.8) is 0 Å². The predicted molar refractivity (Wildman–Crippen MR) is 60.1 cm³/mol. The molecule has 0 aliphatic rings. The molecule has 1 aromatic carbocycles. The molecule has 0 bridgehead atoms. The molecule has 2 N–H and O–H groups in total. The Morgan fingerprint density at radius 2 is 2.07 bits per heavy atom. The van der Waals surface area contributed by atoms with Crippen molar-refractivity contribution in [1.29, 1.82) is 0 Å². The maximum atomic E-state index is 5.54. The molecule has 3 nitrogen and oxygen atoms in total. The first kappa shape index (κ1) is 10.9. The van der Waals surface area contributed by atoms with E-state index >= 15 is 0 Å². The van der Waals surface area contributed by atoms with Gasteiger partial charge in [-0.2, -0.15) is 0 Å². The topological polar surface area (TPSA) is 38.5 Å². The SMILES string of the molecule is COc1ccc(N(C)C)cc1CCN. The van der Waals surface area contributed by atoms with Gasteiger partial charge in [-0.3, -0.25) is 0 Å². The third kappa shape index (κ3) is 2.39. The molecule has 0 saturated carbocycles. The molecule has 0 fully saturated rings. The Hall–Kier alpha value is -1.22. The Morgan fingerprint density at radius 1 is 1.36 bits per heavy atom. The van der Waals surface area contributed by atoms with E-state index in [1.165, 1.54) is 11.3 Å². The predicted octanol–water partition coefficient (Wildman–Crippen LogP) is 1.26. The van der Waals surface area contributed by atoms with Crippen molar-refractivity contribution in [2.24, 2.45) is 5.73 Å². The summed E-state index contributed by atoms with van der Waals surface area (Å²) in [6.07, 6.45) is 0.852. The molecular formula is C11H18N2O. The number of methoxy groups -OCH3 is 1. The molecule has 0 aromatic heterocycles. The van der Waals surface area contributed by atoms with E-state index < -0.39 is 0 Å². The van der Waals surface area contributed by atoms with Gasteiger partial charge in [0.15, 0.2) is 0 Å². The minimum atomic E-state index is 0.646. The molecule has 0 aliphatic heterocycles. The monoisotopic (exact) mass is 194 g/mol. The molecule has 0 saturated heterocycles. The quantitative estimate of drug-likeness (QED) is 0.784. The van der Waals surface area contributed by atoms with Crippen molar-refractivity contribution in [2.45, 2.75) is 6.42 Å². The number of ether oxygens (including phenoxy) is 1. The van der Waals surface area contributed by atoms with Gasteiger partial charge in [-0.05, 0) is 36.7 Å². The van der Waals surface area contributed by atoms with Gasteiger partial charge in [0.25, 0.3) is 0 Å². The largest absolute Gasteiger partial charge is 0.496 e. The Balaban J connectivity index is 3.01. The van der Waals surface area contributed by atoms with Gasteiger partial charge in [0.2, 0.25) is 0 Å².